The number of carbonyl (C=O) groups excluding carboxylic acids is 3. The highest BCUT2D eigenvalue weighted by Gasteiger charge is 2.54. The van der Waals surface area contributed by atoms with Gasteiger partial charge in [-0.1, -0.05) is 24.3 Å². The lowest BCUT2D eigenvalue weighted by atomic mass is 9.85. The molecule has 2 saturated heterocycles. The van der Waals surface area contributed by atoms with Crippen molar-refractivity contribution in [3.05, 3.63) is 83.4 Å². The standard InChI is InChI=1S/C32H29F6N5O5/c33-31(34,35)21-13-22(32(36,37)38)15-23(14-21)40-29(46)41-10-8-30(9-11-41)28(45)42(18-43(30)24-4-2-1-3-5-24)17-27(44)39-16-20-6-7-25-26(12-20)48-19-47-25/h1-7,12-15H,8-11,16-19H2,(H,39,44)(H,40,46). The number of rotatable bonds is 6. The third-order valence-corrected chi connectivity index (χ3v) is 8.56. The summed E-state index contributed by atoms with van der Waals surface area (Å²) in [5, 5.41) is 4.96. The van der Waals surface area contributed by atoms with Crippen molar-refractivity contribution >= 4 is 29.2 Å². The number of alkyl halides is 6. The molecule has 6 rings (SSSR count). The molecule has 0 bridgehead atoms. The number of likely N-dealkylation sites (tertiary alicyclic amines) is 1. The van der Waals surface area contributed by atoms with Crippen LogP contribution in [0.25, 0.3) is 0 Å². The molecule has 2 fully saturated rings. The number of benzene rings is 3. The summed E-state index contributed by atoms with van der Waals surface area (Å²) in [5.41, 5.74) is -3.44. The summed E-state index contributed by atoms with van der Waals surface area (Å²) < 4.78 is 90.6. The summed E-state index contributed by atoms with van der Waals surface area (Å²) in [6.45, 7) is 0.0768. The SMILES string of the molecule is O=C(CN1CN(c2ccccc2)C2(CCN(C(=O)Nc3cc(C(F)(F)F)cc(C(F)(F)F)c3)CC2)C1=O)NCc1ccc2c(c1)OCO2. The fraction of sp³-hybridized carbons (Fsp3) is 0.344. The lowest BCUT2D eigenvalue weighted by Crippen LogP contribution is -2.58. The fourth-order valence-corrected chi connectivity index (χ4v) is 6.11. The number of carbonyl (C=O) groups is 3. The highest BCUT2D eigenvalue weighted by Crippen LogP contribution is 2.41. The Balaban J connectivity index is 1.14. The van der Waals surface area contributed by atoms with Gasteiger partial charge >= 0.3 is 18.4 Å². The number of hydrogen-bond donors (Lipinski definition) is 2. The van der Waals surface area contributed by atoms with Crippen LogP contribution >= 0.6 is 0 Å². The first kappa shape index (κ1) is 32.8. The Bertz CT molecular complexity index is 1680. The number of para-hydroxylation sites is 1. The Labute approximate surface area is 270 Å². The molecule has 0 saturated carbocycles. The Morgan fingerprint density at radius 2 is 1.48 bits per heavy atom. The van der Waals surface area contributed by atoms with E-state index in [0.29, 0.717) is 29.3 Å². The van der Waals surface area contributed by atoms with E-state index in [1.807, 2.05) is 17.0 Å². The average Bonchev–Trinajstić information content (AvgIpc) is 3.62. The van der Waals surface area contributed by atoms with Gasteiger partial charge in [-0.25, -0.2) is 4.79 Å². The zero-order valence-corrected chi connectivity index (χ0v) is 25.2. The van der Waals surface area contributed by atoms with Crippen LogP contribution in [0.2, 0.25) is 0 Å². The predicted molar refractivity (Wildman–Crippen MR) is 159 cm³/mol. The molecule has 16 heteroatoms. The maximum absolute atomic E-state index is 14.0. The van der Waals surface area contributed by atoms with Crippen molar-refractivity contribution in [1.82, 2.24) is 15.1 Å². The van der Waals surface area contributed by atoms with Gasteiger partial charge in [0.2, 0.25) is 12.7 Å². The highest BCUT2D eigenvalue weighted by atomic mass is 19.4. The van der Waals surface area contributed by atoms with Crippen LogP contribution < -0.4 is 25.0 Å². The van der Waals surface area contributed by atoms with Crippen molar-refractivity contribution in [3.8, 4) is 11.5 Å². The molecule has 3 aromatic carbocycles. The third-order valence-electron chi connectivity index (χ3n) is 8.56. The molecule has 0 atom stereocenters. The molecular formula is C32H29F6N5O5. The maximum Gasteiger partial charge on any atom is 0.416 e. The summed E-state index contributed by atoms with van der Waals surface area (Å²) in [4.78, 5) is 44.5. The minimum absolute atomic E-state index is 0.0203. The lowest BCUT2D eigenvalue weighted by molar-refractivity contribution is -0.143. The van der Waals surface area contributed by atoms with Crippen molar-refractivity contribution < 1.29 is 50.2 Å². The number of ether oxygens (including phenoxy) is 2. The second kappa shape index (κ2) is 12.5. The molecule has 3 aliphatic heterocycles. The van der Waals surface area contributed by atoms with E-state index in [0.717, 1.165) is 5.56 Å². The molecule has 0 aromatic heterocycles. The van der Waals surface area contributed by atoms with Gasteiger partial charge in [0.1, 0.15) is 12.1 Å². The minimum atomic E-state index is -5.07. The summed E-state index contributed by atoms with van der Waals surface area (Å²) in [5.74, 6) is 0.436. The Kier molecular flexibility index (Phi) is 8.51. The number of nitrogens with zero attached hydrogens (tertiary/aromatic N) is 3. The first-order chi connectivity index (χ1) is 22.7. The zero-order valence-electron chi connectivity index (χ0n) is 25.2. The van der Waals surface area contributed by atoms with Crippen LogP contribution in [-0.4, -0.2) is 66.3 Å². The van der Waals surface area contributed by atoms with E-state index in [2.05, 4.69) is 10.6 Å². The van der Waals surface area contributed by atoms with Crippen LogP contribution in [0.5, 0.6) is 11.5 Å². The van der Waals surface area contributed by atoms with Crippen LogP contribution in [0.15, 0.2) is 66.7 Å². The van der Waals surface area contributed by atoms with Crippen molar-refractivity contribution in [2.45, 2.75) is 37.3 Å². The Hall–Kier alpha value is -5.15. The monoisotopic (exact) mass is 677 g/mol. The smallest absolute Gasteiger partial charge is 0.416 e. The van der Waals surface area contributed by atoms with Crippen molar-refractivity contribution in [1.29, 1.82) is 0 Å². The van der Waals surface area contributed by atoms with Crippen molar-refractivity contribution in [2.24, 2.45) is 0 Å². The van der Waals surface area contributed by atoms with Crippen LogP contribution in [0.4, 0.5) is 42.5 Å². The van der Waals surface area contributed by atoms with Crippen LogP contribution in [0.3, 0.4) is 0 Å². The Morgan fingerprint density at radius 1 is 0.833 bits per heavy atom. The number of fused-ring (bicyclic) bond motifs is 1. The molecule has 10 nitrogen and oxygen atoms in total. The molecule has 3 aliphatic rings. The lowest BCUT2D eigenvalue weighted by Gasteiger charge is -2.43. The quantitative estimate of drug-likeness (QED) is 0.337. The average molecular weight is 678 g/mol. The third kappa shape index (κ3) is 6.64. The van der Waals surface area contributed by atoms with Gasteiger partial charge in [0.05, 0.1) is 17.8 Å². The van der Waals surface area contributed by atoms with Gasteiger partial charge in [-0.3, -0.25) is 9.59 Å². The molecule has 3 aromatic rings. The van der Waals surface area contributed by atoms with E-state index < -0.39 is 46.6 Å². The summed E-state index contributed by atoms with van der Waals surface area (Å²) in [6, 6.07) is 14.2. The highest BCUT2D eigenvalue weighted by molar-refractivity contribution is 5.97. The normalized spacial score (nSPS) is 17.2. The van der Waals surface area contributed by atoms with Gasteiger partial charge in [-0.2, -0.15) is 26.3 Å². The van der Waals surface area contributed by atoms with E-state index in [1.54, 1.807) is 36.4 Å². The maximum atomic E-state index is 14.0. The summed E-state index contributed by atoms with van der Waals surface area (Å²) in [6.07, 6.45) is -9.95. The van der Waals surface area contributed by atoms with E-state index in [-0.39, 0.29) is 64.5 Å². The second-order valence-corrected chi connectivity index (χ2v) is 11.6. The first-order valence-electron chi connectivity index (χ1n) is 14.9. The van der Waals surface area contributed by atoms with Crippen molar-refractivity contribution in [3.63, 3.8) is 0 Å². The molecule has 0 radical (unpaired) electrons. The Morgan fingerprint density at radius 3 is 2.12 bits per heavy atom. The van der Waals surface area contributed by atoms with Gasteiger partial charge < -0.3 is 34.8 Å². The fourth-order valence-electron chi connectivity index (χ4n) is 6.11. The van der Waals surface area contributed by atoms with Crippen LogP contribution in [0, 0.1) is 0 Å². The van der Waals surface area contributed by atoms with Crippen molar-refractivity contribution in [2.75, 3.05) is 43.3 Å². The summed E-state index contributed by atoms with van der Waals surface area (Å²) >= 11 is 0. The van der Waals surface area contributed by atoms with Gasteiger partial charge in [0.15, 0.2) is 11.5 Å². The molecule has 1 spiro atoms. The van der Waals surface area contributed by atoms with E-state index in [1.165, 1.54) is 9.80 Å². The number of urea groups is 1. The number of anilines is 2. The minimum Gasteiger partial charge on any atom is -0.454 e. The molecule has 4 amide bonds. The van der Waals surface area contributed by atoms with Crippen LogP contribution in [0.1, 0.15) is 29.5 Å². The first-order valence-corrected chi connectivity index (χ1v) is 14.9. The number of halogens is 6. The predicted octanol–water partition coefficient (Wildman–Crippen LogP) is 5.44. The van der Waals surface area contributed by atoms with Gasteiger partial charge in [0, 0.05) is 31.0 Å². The van der Waals surface area contributed by atoms with E-state index >= 15 is 0 Å². The van der Waals surface area contributed by atoms with E-state index in [9.17, 15) is 40.7 Å². The molecule has 2 N–H and O–H groups in total. The molecule has 0 aliphatic carbocycles. The number of nitrogens with one attached hydrogen (secondary N) is 2. The number of hydrogen-bond acceptors (Lipinski definition) is 6. The molecule has 254 valence electrons. The van der Waals surface area contributed by atoms with Gasteiger partial charge in [-0.15, -0.1) is 0 Å². The van der Waals surface area contributed by atoms with Gasteiger partial charge in [0.25, 0.3) is 5.91 Å². The molecule has 48 heavy (non-hydrogen) atoms. The molecule has 0 unspecified atom stereocenters. The largest absolute Gasteiger partial charge is 0.454 e. The zero-order chi connectivity index (χ0) is 34.3. The topological polar surface area (TPSA) is 103 Å². The number of piperidine rings is 1. The molecular weight excluding hydrogens is 648 g/mol. The number of amides is 4. The second-order valence-electron chi connectivity index (χ2n) is 11.6. The summed E-state index contributed by atoms with van der Waals surface area (Å²) in [7, 11) is 0. The molecule has 3 heterocycles. The van der Waals surface area contributed by atoms with Gasteiger partial charge in [-0.05, 0) is 60.9 Å². The van der Waals surface area contributed by atoms with Crippen LogP contribution in [-0.2, 0) is 28.5 Å². The van der Waals surface area contributed by atoms with E-state index in [4.69, 9.17) is 9.47 Å².